The van der Waals surface area contributed by atoms with Crippen molar-refractivity contribution in [1.82, 2.24) is 25.2 Å². The first-order valence-electron chi connectivity index (χ1n) is 18.2. The number of aromatic nitrogens is 3. The summed E-state index contributed by atoms with van der Waals surface area (Å²) >= 11 is 0. The molecule has 0 saturated carbocycles. The predicted molar refractivity (Wildman–Crippen MR) is 200 cm³/mol. The van der Waals surface area contributed by atoms with Gasteiger partial charge in [-0.3, -0.25) is 19.2 Å². The van der Waals surface area contributed by atoms with Gasteiger partial charge < -0.3 is 25.6 Å². The zero-order valence-corrected chi connectivity index (χ0v) is 31.8. The van der Waals surface area contributed by atoms with E-state index in [1.165, 1.54) is 6.92 Å². The minimum atomic E-state index is -1.18. The van der Waals surface area contributed by atoms with Crippen molar-refractivity contribution in [2.45, 2.75) is 116 Å². The third-order valence-corrected chi connectivity index (χ3v) is 11.1. The van der Waals surface area contributed by atoms with Gasteiger partial charge in [-0.25, -0.2) is 4.79 Å². The van der Waals surface area contributed by atoms with Gasteiger partial charge in [0.25, 0.3) is 0 Å². The maximum atomic E-state index is 13.4. The summed E-state index contributed by atoms with van der Waals surface area (Å²) < 4.78 is 14.0. The van der Waals surface area contributed by atoms with E-state index in [1.54, 1.807) is 20.1 Å². The molecule has 3 rings (SSSR count). The van der Waals surface area contributed by atoms with E-state index in [9.17, 15) is 19.5 Å². The number of Topliss-reactive ketones (excluding diaryl/α,β-unsaturated/α-hetero) is 1. The number of nitrogens with two attached hydrogens (primary N) is 1. The molecule has 2 radical (unpaired) electrons. The summed E-state index contributed by atoms with van der Waals surface area (Å²) in [6, 6.07) is 7.21. The number of nitrogen functional groups attached to an aromatic ring is 1. The molecule has 51 heavy (non-hydrogen) atoms. The van der Waals surface area contributed by atoms with Crippen molar-refractivity contribution in [3.63, 3.8) is 0 Å². The third kappa shape index (κ3) is 9.80. The van der Waals surface area contributed by atoms with Gasteiger partial charge in [0.15, 0.2) is 0 Å². The summed E-state index contributed by atoms with van der Waals surface area (Å²) in [5.74, 6) is -4.10. The number of carboxylic acids is 1. The van der Waals surface area contributed by atoms with Crippen LogP contribution in [-0.2, 0) is 25.6 Å². The summed E-state index contributed by atoms with van der Waals surface area (Å²) in [7, 11) is 8.27. The number of ketones is 1. The minimum absolute atomic E-state index is 0.0406. The van der Waals surface area contributed by atoms with Gasteiger partial charge in [-0.1, -0.05) is 51.1 Å². The molecule has 0 bridgehead atoms. The Hall–Kier alpha value is -3.71. The van der Waals surface area contributed by atoms with E-state index >= 15 is 0 Å². The average Bonchev–Trinajstić information content (AvgIpc) is 3.68. The van der Waals surface area contributed by atoms with Crippen molar-refractivity contribution >= 4 is 31.4 Å². The highest BCUT2D eigenvalue weighted by molar-refractivity contribution is 6.15. The average molecular weight is 707 g/mol. The van der Waals surface area contributed by atoms with Gasteiger partial charge in [-0.15, -0.1) is 11.7 Å². The van der Waals surface area contributed by atoms with Gasteiger partial charge in [-0.05, 0) is 89.2 Å². The lowest BCUT2D eigenvalue weighted by Crippen LogP contribution is -2.58. The van der Waals surface area contributed by atoms with Gasteiger partial charge in [0.2, 0.25) is 0 Å². The Morgan fingerprint density at radius 3 is 2.53 bits per heavy atom. The van der Waals surface area contributed by atoms with Crippen LogP contribution < -0.4 is 11.1 Å². The number of hydrogen-bond acceptors (Lipinski definition) is 9. The predicted octanol–water partition coefficient (Wildman–Crippen LogP) is 5.78. The molecule has 0 aliphatic carbocycles. The summed E-state index contributed by atoms with van der Waals surface area (Å²) in [5.41, 5.74) is 6.65. The van der Waals surface area contributed by atoms with E-state index in [2.05, 4.69) is 49.9 Å². The quantitative estimate of drug-likeness (QED) is 0.0450. The van der Waals surface area contributed by atoms with Crippen LogP contribution in [0.5, 0.6) is 0 Å². The summed E-state index contributed by atoms with van der Waals surface area (Å²) in [6.07, 6.45) is 6.63. The largest absolute Gasteiger partial charge is 0.481 e. The molecule has 1 aromatic heterocycles. The van der Waals surface area contributed by atoms with Crippen LogP contribution in [-0.4, -0.2) is 94.2 Å². The molecule has 13 heteroatoms. The highest BCUT2D eigenvalue weighted by Gasteiger charge is 2.55. The first kappa shape index (κ1) is 41.7. The zero-order chi connectivity index (χ0) is 38.1. The van der Waals surface area contributed by atoms with Crippen LogP contribution in [0.25, 0.3) is 11.3 Å². The van der Waals surface area contributed by atoms with Crippen LogP contribution in [0.15, 0.2) is 43.1 Å². The van der Waals surface area contributed by atoms with E-state index in [1.807, 2.05) is 47.0 Å². The number of hydrogen-bond donors (Lipinski definition) is 3. The Kier molecular flexibility index (Phi) is 14.9. The number of rotatable bonds is 22. The van der Waals surface area contributed by atoms with Crippen molar-refractivity contribution in [3.05, 3.63) is 43.1 Å². The Balaban J connectivity index is 1.68. The molecular weight excluding hydrogens is 647 g/mol. The van der Waals surface area contributed by atoms with Gasteiger partial charge in [0, 0.05) is 43.4 Å². The van der Waals surface area contributed by atoms with Crippen molar-refractivity contribution < 1.29 is 29.0 Å². The molecule has 280 valence electrons. The number of benzene rings is 1. The maximum absolute atomic E-state index is 13.4. The second-order valence-electron chi connectivity index (χ2n) is 14.7. The molecule has 12 nitrogen and oxygen atoms in total. The van der Waals surface area contributed by atoms with Crippen LogP contribution in [0.4, 0.5) is 10.5 Å². The van der Waals surface area contributed by atoms with Gasteiger partial charge in [-0.2, -0.15) is 0 Å². The normalized spacial score (nSPS) is 22.3. The Bertz CT molecular complexity index is 1490. The summed E-state index contributed by atoms with van der Waals surface area (Å²) in [4.78, 5) is 39.8. The van der Waals surface area contributed by atoms with Gasteiger partial charge in [0.05, 0.1) is 25.7 Å². The van der Waals surface area contributed by atoms with Gasteiger partial charge in [0.1, 0.15) is 23.0 Å². The van der Waals surface area contributed by atoms with Crippen LogP contribution in [0.3, 0.4) is 0 Å². The first-order chi connectivity index (χ1) is 24.0. The molecule has 1 fully saturated rings. The molecular formula is C38H59BN6O6. The molecule has 4 N–H and O–H groups in total. The van der Waals surface area contributed by atoms with E-state index in [0.29, 0.717) is 38.2 Å². The lowest BCUT2D eigenvalue weighted by Gasteiger charge is -2.43. The molecule has 2 aromatic rings. The molecule has 1 amide bonds. The Labute approximate surface area is 305 Å². The first-order valence-corrected chi connectivity index (χ1v) is 18.2. The Morgan fingerprint density at radius 2 is 1.92 bits per heavy atom. The van der Waals surface area contributed by atoms with Crippen molar-refractivity contribution in [2.75, 3.05) is 25.9 Å². The second kappa shape index (κ2) is 18.2. The molecule has 1 aliphatic rings. The van der Waals surface area contributed by atoms with Crippen LogP contribution >= 0.6 is 0 Å². The topological polar surface area (TPSA) is 162 Å². The lowest BCUT2D eigenvalue weighted by atomic mass is 9.60. The number of aliphatic carboxylic acids is 1. The summed E-state index contributed by atoms with van der Waals surface area (Å²) in [6.45, 7) is 19.2. The number of carboxylic acid groups (broad SMARTS) is 1. The van der Waals surface area contributed by atoms with Crippen LogP contribution in [0.1, 0.15) is 80.6 Å². The fraction of sp³-hybridized carbons (Fsp3) is 0.658. The third-order valence-electron chi connectivity index (χ3n) is 11.1. The number of unbranched alkanes of at least 4 members (excludes halogenated alkanes) is 1. The second-order valence-corrected chi connectivity index (χ2v) is 14.7. The number of nitrogens with zero attached hydrogens (tertiary/aromatic N) is 4. The number of ether oxygens (including phenoxy) is 2. The molecule has 1 aromatic carbocycles. The lowest BCUT2D eigenvalue weighted by molar-refractivity contribution is -0.147. The monoisotopic (exact) mass is 706 g/mol. The van der Waals surface area contributed by atoms with Crippen LogP contribution in [0, 0.1) is 23.7 Å². The van der Waals surface area contributed by atoms with E-state index < -0.39 is 40.6 Å². The van der Waals surface area contributed by atoms with Crippen molar-refractivity contribution in [2.24, 2.45) is 23.7 Å². The standard InChI is InChI=1S/C38H59BN6O6/c1-10-17-38(50-9,33(39)26(5)32(46)27(6)35(47)48)21-24(3)22-41-28(7)34-37(8,25(4)11-2)51-36(49)45(34)19-13-12-18-44-23-31(42-43-44)29-15-14-16-30(40)20-29/h10,14-16,20,23-28,33-34,41H,1,11-13,17-19,21-22,40H2,2-9H3,(H,47,48)/t24-,25-,26+,27-,28-,33-,34-,37-,38-/m1/s1. The minimum Gasteiger partial charge on any atom is -0.481 e. The maximum Gasteiger partial charge on any atom is 0.410 e. The molecule has 0 spiro atoms. The van der Waals surface area contributed by atoms with E-state index in [-0.39, 0.29) is 30.0 Å². The number of carbonyl (C=O) groups excluding carboxylic acids is 2. The molecule has 9 atom stereocenters. The zero-order valence-electron chi connectivity index (χ0n) is 31.8. The number of anilines is 1. The smallest absolute Gasteiger partial charge is 0.410 e. The van der Waals surface area contributed by atoms with E-state index in [4.69, 9.17) is 23.1 Å². The fourth-order valence-electron chi connectivity index (χ4n) is 7.53. The molecule has 1 saturated heterocycles. The highest BCUT2D eigenvalue weighted by atomic mass is 16.6. The number of aryl methyl sites for hydroxylation is 1. The van der Waals surface area contributed by atoms with Crippen LogP contribution in [0.2, 0.25) is 5.82 Å². The fourth-order valence-corrected chi connectivity index (χ4v) is 7.53. The molecule has 0 unspecified atom stereocenters. The number of nitrogens with one attached hydrogen (secondary N) is 1. The molecule has 1 aliphatic heterocycles. The van der Waals surface area contributed by atoms with Gasteiger partial charge >= 0.3 is 12.1 Å². The number of methoxy groups -OCH3 is 1. The van der Waals surface area contributed by atoms with Crippen molar-refractivity contribution in [1.29, 1.82) is 0 Å². The number of carbonyl (C=O) groups is 3. The summed E-state index contributed by atoms with van der Waals surface area (Å²) in [5, 5.41) is 21.7. The SMILES string of the molecule is [B][C@H]([C@@H](C)C(=O)[C@@H](C)C(=O)O)[C@@](CC=C)(C[C@@H](C)CN[C@H](C)[C@H]1N(CCCCn2cc(-c3cccc(N)c3)nn2)C(=O)O[C@]1(C)[C@H](C)CC)OC. The number of cyclic esters (lactones) is 1. The number of amides is 1. The Morgan fingerprint density at radius 1 is 1.24 bits per heavy atom. The highest BCUT2D eigenvalue weighted by Crippen LogP contribution is 2.42. The van der Waals surface area contributed by atoms with E-state index in [0.717, 1.165) is 30.5 Å². The van der Waals surface area contributed by atoms with Crippen molar-refractivity contribution in [3.8, 4) is 11.3 Å². The molecule has 2 heterocycles.